The Morgan fingerprint density at radius 1 is 1.38 bits per heavy atom. The molecule has 0 saturated carbocycles. The van der Waals surface area contributed by atoms with Crippen molar-refractivity contribution < 1.29 is 24.7 Å². The standard InChI is InChI=1S/C14H17N3O4/c1-15-3-2-13-16-9-6-11-12(21-5-4-20-11)7-10(9)17(13)8-14(18)19/h6-7,15H,2-5,8H2,1H3,(H,18,19). The zero-order valence-corrected chi connectivity index (χ0v) is 11.8. The van der Waals surface area contributed by atoms with Gasteiger partial charge in [-0.05, 0) is 0 Å². The lowest BCUT2D eigenvalue weighted by atomic mass is 10.2. The first-order valence-electron chi connectivity index (χ1n) is 6.95. The van der Waals surface area contributed by atoms with Crippen LogP contribution in [0.1, 0.15) is 5.82 Å². The van der Waals surface area contributed by atoms with E-state index in [0.717, 1.165) is 17.9 Å². The molecule has 21 heavy (non-hydrogen) atoms. The zero-order chi connectivity index (χ0) is 14.8. The molecule has 0 spiro atoms. The molecule has 2 N–H and O–H groups in total. The SMILES string of the molecule is C[NH2+]CCc1nc2cc3c(cc2n1CC(=O)[O-])OCCO3. The molecule has 0 atom stereocenters. The lowest BCUT2D eigenvalue weighted by molar-refractivity contribution is -0.626. The normalized spacial score (nSPS) is 13.6. The van der Waals surface area contributed by atoms with E-state index in [2.05, 4.69) is 4.98 Å². The van der Waals surface area contributed by atoms with Crippen LogP contribution >= 0.6 is 0 Å². The van der Waals surface area contributed by atoms with Crippen molar-refractivity contribution in [2.45, 2.75) is 13.0 Å². The molecule has 3 rings (SSSR count). The summed E-state index contributed by atoms with van der Waals surface area (Å²) < 4.78 is 12.8. The molecule has 7 heteroatoms. The number of aromatic nitrogens is 2. The molecule has 0 saturated heterocycles. The molecule has 0 amide bonds. The molecule has 1 aliphatic rings. The first-order chi connectivity index (χ1) is 10.2. The molecule has 0 fully saturated rings. The van der Waals surface area contributed by atoms with Crippen molar-refractivity contribution in [3.05, 3.63) is 18.0 Å². The number of fused-ring (bicyclic) bond motifs is 2. The molecule has 1 aliphatic heterocycles. The molecule has 0 bridgehead atoms. The predicted octanol–water partition coefficient (Wildman–Crippen LogP) is -1.71. The summed E-state index contributed by atoms with van der Waals surface area (Å²) in [5, 5.41) is 13.0. The van der Waals surface area contributed by atoms with Crippen LogP contribution in [0, 0.1) is 0 Å². The summed E-state index contributed by atoms with van der Waals surface area (Å²) in [4.78, 5) is 15.5. The molecule has 1 aromatic carbocycles. The maximum absolute atomic E-state index is 11.0. The smallest absolute Gasteiger partial charge is 0.163 e. The Morgan fingerprint density at radius 3 is 2.76 bits per heavy atom. The number of hydrogen-bond donors (Lipinski definition) is 1. The van der Waals surface area contributed by atoms with E-state index in [1.807, 2.05) is 12.4 Å². The van der Waals surface area contributed by atoms with Crippen molar-refractivity contribution >= 4 is 17.0 Å². The van der Waals surface area contributed by atoms with Crippen molar-refractivity contribution in [3.8, 4) is 11.5 Å². The summed E-state index contributed by atoms with van der Waals surface area (Å²) in [7, 11) is 1.96. The van der Waals surface area contributed by atoms with E-state index in [1.165, 1.54) is 0 Å². The van der Waals surface area contributed by atoms with E-state index in [9.17, 15) is 9.90 Å². The van der Waals surface area contributed by atoms with Gasteiger partial charge in [-0.15, -0.1) is 0 Å². The molecule has 2 aromatic rings. The lowest BCUT2D eigenvalue weighted by Gasteiger charge is -2.18. The number of nitrogens with two attached hydrogens (primary N) is 1. The van der Waals surface area contributed by atoms with Gasteiger partial charge in [-0.2, -0.15) is 0 Å². The number of hydrogen-bond acceptors (Lipinski definition) is 5. The van der Waals surface area contributed by atoms with Gasteiger partial charge in [0.05, 0.1) is 43.6 Å². The van der Waals surface area contributed by atoms with Gasteiger partial charge in [-0.1, -0.05) is 0 Å². The number of likely N-dealkylation sites (N-methyl/N-ethyl adjacent to an activating group) is 1. The second-order valence-electron chi connectivity index (χ2n) is 4.92. The molecule has 2 heterocycles. The Labute approximate surface area is 121 Å². The van der Waals surface area contributed by atoms with E-state index in [1.54, 1.807) is 16.7 Å². The fourth-order valence-electron chi connectivity index (χ4n) is 2.48. The molecular formula is C14H17N3O4. The van der Waals surface area contributed by atoms with Gasteiger partial charge in [-0.3, -0.25) is 0 Å². The van der Waals surface area contributed by atoms with Crippen molar-refractivity contribution in [2.75, 3.05) is 26.8 Å². The quantitative estimate of drug-likeness (QED) is 0.708. The minimum atomic E-state index is -1.13. The maximum atomic E-state index is 11.0. The number of ether oxygens (including phenoxy) is 2. The third-order valence-electron chi connectivity index (χ3n) is 3.44. The number of aliphatic carboxylic acids is 1. The van der Waals surface area contributed by atoms with E-state index in [4.69, 9.17) is 9.47 Å². The number of quaternary nitrogens is 1. The second kappa shape index (κ2) is 5.61. The maximum Gasteiger partial charge on any atom is 0.163 e. The van der Waals surface area contributed by atoms with Crippen LogP contribution in [-0.2, 0) is 17.8 Å². The molecule has 0 aliphatic carbocycles. The van der Waals surface area contributed by atoms with Crippen LogP contribution < -0.4 is 19.9 Å². The molecule has 0 radical (unpaired) electrons. The highest BCUT2D eigenvalue weighted by Crippen LogP contribution is 2.34. The van der Waals surface area contributed by atoms with Crippen molar-refractivity contribution in [1.82, 2.24) is 9.55 Å². The number of carboxylic acids is 1. The highest BCUT2D eigenvalue weighted by Gasteiger charge is 2.18. The van der Waals surface area contributed by atoms with E-state index in [0.29, 0.717) is 36.7 Å². The number of carbonyl (C=O) groups is 1. The Bertz CT molecular complexity index is 680. The van der Waals surface area contributed by atoms with Gasteiger partial charge >= 0.3 is 0 Å². The highest BCUT2D eigenvalue weighted by atomic mass is 16.6. The van der Waals surface area contributed by atoms with Crippen LogP contribution in [0.4, 0.5) is 0 Å². The number of rotatable bonds is 5. The number of carbonyl (C=O) groups excluding carboxylic acids is 1. The first kappa shape index (κ1) is 13.7. The average molecular weight is 291 g/mol. The summed E-state index contributed by atoms with van der Waals surface area (Å²) in [6.45, 7) is 1.62. The Kier molecular flexibility index (Phi) is 3.66. The molecule has 112 valence electrons. The van der Waals surface area contributed by atoms with E-state index >= 15 is 0 Å². The van der Waals surface area contributed by atoms with Gasteiger partial charge in [0.25, 0.3) is 0 Å². The Balaban J connectivity index is 2.10. The van der Waals surface area contributed by atoms with Gasteiger partial charge in [0.15, 0.2) is 11.5 Å². The van der Waals surface area contributed by atoms with E-state index in [-0.39, 0.29) is 6.54 Å². The van der Waals surface area contributed by atoms with Crippen LogP contribution in [0.3, 0.4) is 0 Å². The largest absolute Gasteiger partial charge is 0.548 e. The third kappa shape index (κ3) is 2.64. The Hall–Kier alpha value is -2.28. The Morgan fingerprint density at radius 2 is 2.10 bits per heavy atom. The van der Waals surface area contributed by atoms with Crippen LogP contribution in [0.25, 0.3) is 11.0 Å². The number of nitrogens with zero attached hydrogens (tertiary/aromatic N) is 2. The average Bonchev–Trinajstić information content (AvgIpc) is 2.79. The monoisotopic (exact) mass is 291 g/mol. The fourth-order valence-corrected chi connectivity index (χ4v) is 2.48. The fraction of sp³-hybridized carbons (Fsp3) is 0.429. The highest BCUT2D eigenvalue weighted by molar-refractivity contribution is 5.82. The van der Waals surface area contributed by atoms with Gasteiger partial charge in [-0.25, -0.2) is 4.98 Å². The van der Waals surface area contributed by atoms with Gasteiger partial charge in [0.2, 0.25) is 0 Å². The number of carboxylic acid groups (broad SMARTS) is 1. The summed E-state index contributed by atoms with van der Waals surface area (Å²) in [5.74, 6) is 0.878. The second-order valence-corrected chi connectivity index (χ2v) is 4.92. The predicted molar refractivity (Wildman–Crippen MR) is 72.2 cm³/mol. The molecular weight excluding hydrogens is 274 g/mol. The number of imidazole rings is 1. The lowest BCUT2D eigenvalue weighted by Crippen LogP contribution is -2.80. The summed E-state index contributed by atoms with van der Waals surface area (Å²) in [5.41, 5.74) is 1.45. The van der Waals surface area contributed by atoms with Crippen LogP contribution in [0.2, 0.25) is 0 Å². The van der Waals surface area contributed by atoms with Gasteiger partial charge < -0.3 is 29.3 Å². The van der Waals surface area contributed by atoms with Crippen molar-refractivity contribution in [2.24, 2.45) is 0 Å². The first-order valence-corrected chi connectivity index (χ1v) is 6.95. The zero-order valence-electron chi connectivity index (χ0n) is 11.8. The number of benzene rings is 1. The van der Waals surface area contributed by atoms with Gasteiger partial charge in [0, 0.05) is 12.1 Å². The van der Waals surface area contributed by atoms with Gasteiger partial charge in [0.1, 0.15) is 19.0 Å². The minimum absolute atomic E-state index is 0.213. The summed E-state index contributed by atoms with van der Waals surface area (Å²) >= 11 is 0. The van der Waals surface area contributed by atoms with E-state index < -0.39 is 5.97 Å². The van der Waals surface area contributed by atoms with Crippen LogP contribution in [0.15, 0.2) is 12.1 Å². The minimum Gasteiger partial charge on any atom is -0.548 e. The third-order valence-corrected chi connectivity index (χ3v) is 3.44. The summed E-state index contributed by atoms with van der Waals surface area (Å²) in [6.07, 6.45) is 0.685. The molecule has 7 nitrogen and oxygen atoms in total. The van der Waals surface area contributed by atoms with Crippen molar-refractivity contribution in [3.63, 3.8) is 0 Å². The molecule has 1 aromatic heterocycles. The topological polar surface area (TPSA) is 93.0 Å². The van der Waals surface area contributed by atoms with Crippen molar-refractivity contribution in [1.29, 1.82) is 0 Å². The summed E-state index contributed by atoms with van der Waals surface area (Å²) in [6, 6.07) is 3.59. The van der Waals surface area contributed by atoms with Crippen LogP contribution in [-0.4, -0.2) is 42.3 Å². The molecule has 0 unspecified atom stereocenters. The van der Waals surface area contributed by atoms with Crippen LogP contribution in [0.5, 0.6) is 11.5 Å².